The summed E-state index contributed by atoms with van der Waals surface area (Å²) in [5.41, 5.74) is 4.10. The summed E-state index contributed by atoms with van der Waals surface area (Å²) in [5, 5.41) is 15.3. The van der Waals surface area contributed by atoms with Crippen LogP contribution in [0.2, 0.25) is 0 Å². The second-order valence-corrected chi connectivity index (χ2v) is 8.55. The summed E-state index contributed by atoms with van der Waals surface area (Å²) in [7, 11) is -2.51. The minimum atomic E-state index is -2.51. The molecule has 0 atom stereocenters. The summed E-state index contributed by atoms with van der Waals surface area (Å²) in [5.74, 6) is -0.509. The SMILES string of the molecule is Cc1cc(NCc2cc(F)[c-]c3c2C=ICN3)ncc1C#N.[CH2-]C(=O)N[S-](=O)=O.[Li+]. The molecule has 0 aliphatic carbocycles. The van der Waals surface area contributed by atoms with Gasteiger partial charge in [0.05, 0.1) is 16.0 Å². The number of hydrogen-bond donors (Lipinski definition) is 3. The van der Waals surface area contributed by atoms with Crippen LogP contribution in [0.25, 0.3) is 0 Å². The molecule has 1 aliphatic heterocycles. The number of amides is 1. The van der Waals surface area contributed by atoms with Gasteiger partial charge in [-0.15, -0.1) is 44.0 Å². The fraction of sp³-hybridized carbons (Fsp3) is 0.167. The molecule has 1 aromatic heterocycles. The number of pyridine rings is 1. The van der Waals surface area contributed by atoms with Gasteiger partial charge in [0.15, 0.2) is 0 Å². The van der Waals surface area contributed by atoms with Crippen molar-refractivity contribution in [2.75, 3.05) is 15.2 Å². The molecule has 2 heterocycles. The molecule has 1 aromatic carbocycles. The van der Waals surface area contributed by atoms with E-state index >= 15 is 0 Å². The van der Waals surface area contributed by atoms with Crippen molar-refractivity contribution < 1.29 is 36.5 Å². The smallest absolute Gasteiger partial charge is 0.416 e. The van der Waals surface area contributed by atoms with Crippen LogP contribution in [0.5, 0.6) is 0 Å². The molecule has 30 heavy (non-hydrogen) atoms. The van der Waals surface area contributed by atoms with Gasteiger partial charge in [0.2, 0.25) is 0 Å². The number of anilines is 2. The van der Waals surface area contributed by atoms with Crippen LogP contribution in [0, 0.1) is 37.1 Å². The summed E-state index contributed by atoms with van der Waals surface area (Å²) in [6.45, 7) is 5.08. The standard InChI is InChI=1S/C16H13FIN4.C2H3NO3S.Li/c1-10-2-16(21-8-12(10)6-19)20-7-11-3-13(17)4-15-14(11)5-18-9-22-15;1-2(4)3-7(5)6;/h2-3,5,8,22H,7,9H2,1H3,(H,20,21);1H2,(H,3,4,5,6);/q-1;-2;+1. The molecule has 1 aliphatic rings. The molecule has 0 radical (unpaired) electrons. The van der Waals surface area contributed by atoms with E-state index in [4.69, 9.17) is 5.26 Å². The maximum absolute atomic E-state index is 13.7. The Morgan fingerprint density at radius 2 is 2.23 bits per heavy atom. The van der Waals surface area contributed by atoms with Gasteiger partial charge in [-0.05, 0) is 18.6 Å². The molecule has 0 bridgehead atoms. The fourth-order valence-electron chi connectivity index (χ4n) is 2.29. The summed E-state index contributed by atoms with van der Waals surface area (Å²) in [4.78, 5) is 13.8. The van der Waals surface area contributed by atoms with E-state index in [1.807, 2.05) is 13.0 Å². The van der Waals surface area contributed by atoms with E-state index in [9.17, 15) is 17.6 Å². The molecular formula is C18H16FILiN5O3S-2. The average Bonchev–Trinajstić information content (AvgIpc) is 2.65. The molecule has 0 spiro atoms. The molecule has 0 fully saturated rings. The van der Waals surface area contributed by atoms with E-state index in [0.29, 0.717) is 17.9 Å². The van der Waals surface area contributed by atoms with Crippen molar-refractivity contribution >= 4 is 53.0 Å². The average molecular weight is 535 g/mol. The van der Waals surface area contributed by atoms with Crippen molar-refractivity contribution in [3.63, 3.8) is 0 Å². The van der Waals surface area contributed by atoms with Crippen LogP contribution < -0.4 is 34.2 Å². The minimum Gasteiger partial charge on any atom is -0.416 e. The van der Waals surface area contributed by atoms with E-state index in [0.717, 1.165) is 26.9 Å². The van der Waals surface area contributed by atoms with E-state index in [1.54, 1.807) is 6.20 Å². The second kappa shape index (κ2) is 12.5. The maximum Gasteiger partial charge on any atom is 1.00 e. The third-order valence-corrected chi connectivity index (χ3v) is 5.84. The Balaban J connectivity index is 0.000000489. The molecule has 154 valence electrons. The van der Waals surface area contributed by atoms with Crippen LogP contribution in [0.15, 0.2) is 18.3 Å². The predicted molar refractivity (Wildman–Crippen MR) is 116 cm³/mol. The molecule has 3 rings (SSSR count). The van der Waals surface area contributed by atoms with Gasteiger partial charge in [-0.1, -0.05) is 9.70 Å². The molecule has 2 aromatic rings. The molecule has 0 unspecified atom stereocenters. The Hall–Kier alpha value is -2.12. The number of aryl methyl sites for hydroxylation is 1. The number of benzene rings is 1. The van der Waals surface area contributed by atoms with Crippen LogP contribution >= 0.6 is 20.7 Å². The van der Waals surface area contributed by atoms with Gasteiger partial charge in [0.25, 0.3) is 0 Å². The summed E-state index contributed by atoms with van der Waals surface area (Å²) >= 11 is -0.0377. The van der Waals surface area contributed by atoms with E-state index in [1.165, 1.54) is 10.8 Å². The zero-order chi connectivity index (χ0) is 21.4. The Labute approximate surface area is 197 Å². The number of fused-ring (bicyclic) bond motifs is 1. The number of nitriles is 1. The number of carbonyl (C=O) groups is 1. The first-order chi connectivity index (χ1) is 13.8. The molecule has 0 saturated carbocycles. The number of hydrogen-bond acceptors (Lipinski definition) is 8. The van der Waals surface area contributed by atoms with E-state index < -0.39 is 16.8 Å². The van der Waals surface area contributed by atoms with Crippen molar-refractivity contribution in [2.24, 2.45) is 0 Å². The topological polar surface area (TPSA) is 124 Å². The Bertz CT molecular complexity index is 1060. The van der Waals surface area contributed by atoms with Gasteiger partial charge >= 0.3 is 18.9 Å². The van der Waals surface area contributed by atoms with Crippen molar-refractivity contribution in [1.29, 1.82) is 5.26 Å². The first-order valence-corrected chi connectivity index (χ1v) is 11.9. The Morgan fingerprint density at radius 1 is 1.50 bits per heavy atom. The minimum absolute atomic E-state index is 0. The number of alkyl halides is 1. The third kappa shape index (κ3) is 7.95. The van der Waals surface area contributed by atoms with Gasteiger partial charge in [-0.25, -0.2) is 9.37 Å². The third-order valence-electron chi connectivity index (χ3n) is 3.56. The first-order valence-electron chi connectivity index (χ1n) is 8.02. The number of nitrogens with zero attached hydrogens (tertiary/aromatic N) is 2. The van der Waals surface area contributed by atoms with Crippen molar-refractivity contribution in [1.82, 2.24) is 9.71 Å². The molecule has 3 N–H and O–H groups in total. The first kappa shape index (κ1) is 25.9. The zero-order valence-corrected chi connectivity index (χ0v) is 19.2. The number of aromatic nitrogens is 1. The van der Waals surface area contributed by atoms with Crippen LogP contribution in [-0.2, 0) is 30.6 Å². The van der Waals surface area contributed by atoms with Gasteiger partial charge in [0.1, 0.15) is 11.9 Å². The molecule has 0 saturated heterocycles. The van der Waals surface area contributed by atoms with Gasteiger partial charge in [-0.2, -0.15) is 5.26 Å². The van der Waals surface area contributed by atoms with Gasteiger partial charge in [0, 0.05) is 29.4 Å². The fourth-order valence-corrected chi connectivity index (χ4v) is 4.45. The molecule has 12 heteroatoms. The Kier molecular flexibility index (Phi) is 10.8. The number of carbonyl (C=O) groups excluding carboxylic acids is 1. The van der Waals surface area contributed by atoms with E-state index in [-0.39, 0.29) is 45.4 Å². The summed E-state index contributed by atoms with van der Waals surface area (Å²) in [6, 6.07) is 8.14. The van der Waals surface area contributed by atoms with Gasteiger partial charge in [-0.3, -0.25) is 0 Å². The van der Waals surface area contributed by atoms with Crippen LogP contribution in [0.4, 0.5) is 15.9 Å². The summed E-state index contributed by atoms with van der Waals surface area (Å²) < 4.78 is 37.1. The van der Waals surface area contributed by atoms with Crippen molar-refractivity contribution in [3.05, 3.63) is 59.4 Å². The monoisotopic (exact) mass is 535 g/mol. The van der Waals surface area contributed by atoms with Crippen molar-refractivity contribution in [2.45, 2.75) is 13.5 Å². The predicted octanol–water partition coefficient (Wildman–Crippen LogP) is -0.518. The maximum atomic E-state index is 13.7. The zero-order valence-electron chi connectivity index (χ0n) is 16.2. The van der Waals surface area contributed by atoms with Gasteiger partial charge < -0.3 is 35.5 Å². The van der Waals surface area contributed by atoms with Crippen LogP contribution in [0.1, 0.15) is 22.3 Å². The molecule has 8 nitrogen and oxygen atoms in total. The number of rotatable bonds is 4. The molecular weight excluding hydrogens is 519 g/mol. The number of halogens is 2. The number of nitrogens with one attached hydrogen (secondary N) is 3. The second-order valence-electron chi connectivity index (χ2n) is 5.61. The van der Waals surface area contributed by atoms with Crippen LogP contribution in [0.3, 0.4) is 0 Å². The van der Waals surface area contributed by atoms with Crippen molar-refractivity contribution in [3.8, 4) is 6.07 Å². The summed E-state index contributed by atoms with van der Waals surface area (Å²) in [6.07, 6.45) is 1.55. The van der Waals surface area contributed by atoms with E-state index in [2.05, 4.69) is 38.7 Å². The van der Waals surface area contributed by atoms with Crippen LogP contribution in [-0.4, -0.2) is 19.5 Å². The quantitative estimate of drug-likeness (QED) is 0.120. The Morgan fingerprint density at radius 3 is 2.80 bits per heavy atom. The normalized spacial score (nSPS) is 11.3. The largest absolute Gasteiger partial charge is 1.00 e. The molecule has 1 amide bonds.